The van der Waals surface area contributed by atoms with Gasteiger partial charge in [-0.25, -0.2) is 0 Å². The fourth-order valence-electron chi connectivity index (χ4n) is 3.64. The van der Waals surface area contributed by atoms with Crippen LogP contribution in [0.3, 0.4) is 0 Å². The van der Waals surface area contributed by atoms with Crippen LogP contribution in [0.15, 0.2) is 103 Å². The van der Waals surface area contributed by atoms with Crippen LogP contribution in [-0.4, -0.2) is 14.8 Å². The highest BCUT2D eigenvalue weighted by Gasteiger charge is 2.17. The van der Waals surface area contributed by atoms with Crippen molar-refractivity contribution in [3.05, 3.63) is 115 Å². The van der Waals surface area contributed by atoms with Gasteiger partial charge < -0.3 is 0 Å². The largest absolute Gasteiger partial charge is 0.278 e. The lowest BCUT2D eigenvalue weighted by molar-refractivity contribution is 0.911. The van der Waals surface area contributed by atoms with Gasteiger partial charge in [-0.1, -0.05) is 97.1 Å². The van der Waals surface area contributed by atoms with E-state index in [0.29, 0.717) is 0 Å². The monoisotopic (exact) mass is 361 g/mol. The molecule has 134 valence electrons. The number of nitrogens with zero attached hydrogens (tertiary/aromatic N) is 3. The van der Waals surface area contributed by atoms with Gasteiger partial charge in [0.25, 0.3) is 0 Å². The normalized spacial score (nSPS) is 11.0. The average Bonchev–Trinajstić information content (AvgIpc) is 3.18. The minimum Gasteiger partial charge on any atom is -0.278 e. The molecule has 28 heavy (non-hydrogen) atoms. The maximum absolute atomic E-state index is 4.58. The standard InChI is InChI=1S/C25H19N3/c1-3-10-19(11-4-1)18-24-26-27-25(21-13-5-2-6-14-21)28(24)23-17-9-15-20-12-7-8-16-22(20)23/h1-17H,18H2. The maximum atomic E-state index is 4.58. The molecular formula is C25H19N3. The summed E-state index contributed by atoms with van der Waals surface area (Å²) >= 11 is 0. The van der Waals surface area contributed by atoms with Crippen molar-refractivity contribution in [2.75, 3.05) is 0 Å². The van der Waals surface area contributed by atoms with Crippen molar-refractivity contribution in [2.24, 2.45) is 0 Å². The predicted octanol–water partition coefficient (Wildman–Crippen LogP) is 5.68. The maximum Gasteiger partial charge on any atom is 0.168 e. The third kappa shape index (κ3) is 2.97. The average molecular weight is 361 g/mol. The molecule has 3 heteroatoms. The molecule has 0 radical (unpaired) electrons. The van der Waals surface area contributed by atoms with Crippen LogP contribution in [0.2, 0.25) is 0 Å². The van der Waals surface area contributed by atoms with Crippen molar-refractivity contribution in [1.82, 2.24) is 14.8 Å². The minimum absolute atomic E-state index is 0.726. The summed E-state index contributed by atoms with van der Waals surface area (Å²) in [5.74, 6) is 1.80. The molecule has 0 N–H and O–H groups in total. The fraction of sp³-hybridized carbons (Fsp3) is 0.0400. The highest BCUT2D eigenvalue weighted by atomic mass is 15.3. The van der Waals surface area contributed by atoms with Gasteiger partial charge in [-0.2, -0.15) is 0 Å². The lowest BCUT2D eigenvalue weighted by atomic mass is 10.1. The van der Waals surface area contributed by atoms with E-state index in [4.69, 9.17) is 0 Å². The first-order chi connectivity index (χ1) is 13.9. The summed E-state index contributed by atoms with van der Waals surface area (Å²) < 4.78 is 2.20. The van der Waals surface area contributed by atoms with Gasteiger partial charge >= 0.3 is 0 Å². The molecule has 3 nitrogen and oxygen atoms in total. The number of rotatable bonds is 4. The first kappa shape index (κ1) is 16.5. The van der Waals surface area contributed by atoms with E-state index in [1.54, 1.807) is 0 Å². The summed E-state index contributed by atoms with van der Waals surface area (Å²) in [6, 6.07) is 35.5. The second-order valence-electron chi connectivity index (χ2n) is 6.80. The van der Waals surface area contributed by atoms with E-state index in [2.05, 4.69) is 93.6 Å². The number of hydrogen-bond donors (Lipinski definition) is 0. The number of hydrogen-bond acceptors (Lipinski definition) is 2. The summed E-state index contributed by atoms with van der Waals surface area (Å²) in [5, 5.41) is 11.6. The van der Waals surface area contributed by atoms with Gasteiger partial charge in [0.15, 0.2) is 5.82 Å². The van der Waals surface area contributed by atoms with E-state index in [1.807, 2.05) is 24.3 Å². The second-order valence-corrected chi connectivity index (χ2v) is 6.80. The van der Waals surface area contributed by atoms with E-state index in [0.717, 1.165) is 29.3 Å². The molecule has 0 aliphatic rings. The molecule has 1 heterocycles. The Morgan fingerprint density at radius 3 is 2.11 bits per heavy atom. The van der Waals surface area contributed by atoms with Gasteiger partial charge in [0.1, 0.15) is 5.82 Å². The molecule has 0 saturated carbocycles. The van der Waals surface area contributed by atoms with Crippen LogP contribution in [0.5, 0.6) is 0 Å². The fourth-order valence-corrected chi connectivity index (χ4v) is 3.64. The zero-order chi connectivity index (χ0) is 18.8. The Balaban J connectivity index is 1.75. The van der Waals surface area contributed by atoms with Gasteiger partial charge in [0, 0.05) is 17.4 Å². The lowest BCUT2D eigenvalue weighted by Gasteiger charge is -2.13. The molecule has 0 unspecified atom stereocenters. The highest BCUT2D eigenvalue weighted by molar-refractivity contribution is 5.90. The molecule has 0 aliphatic carbocycles. The van der Waals surface area contributed by atoms with Gasteiger partial charge in [-0.3, -0.25) is 4.57 Å². The van der Waals surface area contributed by atoms with E-state index >= 15 is 0 Å². The molecule has 0 aliphatic heterocycles. The Morgan fingerprint density at radius 1 is 0.607 bits per heavy atom. The first-order valence-electron chi connectivity index (χ1n) is 9.42. The SMILES string of the molecule is c1ccc(Cc2nnc(-c3ccccc3)n2-c2cccc3ccccc23)cc1. The summed E-state index contributed by atoms with van der Waals surface area (Å²) in [6.07, 6.45) is 0.726. The van der Waals surface area contributed by atoms with Crippen molar-refractivity contribution in [3.8, 4) is 17.1 Å². The minimum atomic E-state index is 0.726. The van der Waals surface area contributed by atoms with E-state index < -0.39 is 0 Å². The molecule has 5 aromatic rings. The Hall–Kier alpha value is -3.72. The van der Waals surface area contributed by atoms with E-state index in [1.165, 1.54) is 16.3 Å². The van der Waals surface area contributed by atoms with Gasteiger partial charge in [-0.15, -0.1) is 10.2 Å². The third-order valence-corrected chi connectivity index (χ3v) is 4.97. The molecule has 5 rings (SSSR count). The van der Waals surface area contributed by atoms with Crippen molar-refractivity contribution < 1.29 is 0 Å². The molecule has 0 atom stereocenters. The van der Waals surface area contributed by atoms with Crippen molar-refractivity contribution >= 4 is 10.8 Å². The van der Waals surface area contributed by atoms with Crippen LogP contribution in [0, 0.1) is 0 Å². The van der Waals surface area contributed by atoms with Gasteiger partial charge in [0.05, 0.1) is 5.69 Å². The Bertz CT molecular complexity index is 1220. The third-order valence-electron chi connectivity index (χ3n) is 4.97. The molecule has 4 aromatic carbocycles. The van der Waals surface area contributed by atoms with Gasteiger partial charge in [0.2, 0.25) is 0 Å². The summed E-state index contributed by atoms with van der Waals surface area (Å²) in [4.78, 5) is 0. The van der Waals surface area contributed by atoms with Crippen LogP contribution in [-0.2, 0) is 6.42 Å². The number of benzene rings is 4. The summed E-state index contributed by atoms with van der Waals surface area (Å²) in [7, 11) is 0. The van der Waals surface area contributed by atoms with Gasteiger partial charge in [-0.05, 0) is 17.0 Å². The van der Waals surface area contributed by atoms with Crippen LogP contribution in [0.1, 0.15) is 11.4 Å². The Morgan fingerprint density at radius 2 is 1.29 bits per heavy atom. The zero-order valence-corrected chi connectivity index (χ0v) is 15.4. The lowest BCUT2D eigenvalue weighted by Crippen LogP contribution is -2.05. The topological polar surface area (TPSA) is 30.7 Å². The quantitative estimate of drug-likeness (QED) is 0.412. The first-order valence-corrected chi connectivity index (χ1v) is 9.42. The number of fused-ring (bicyclic) bond motifs is 1. The molecule has 0 amide bonds. The van der Waals surface area contributed by atoms with Crippen LogP contribution in [0.4, 0.5) is 0 Å². The molecule has 0 spiro atoms. The predicted molar refractivity (Wildman–Crippen MR) is 114 cm³/mol. The molecule has 0 bridgehead atoms. The highest BCUT2D eigenvalue weighted by Crippen LogP contribution is 2.29. The summed E-state index contributed by atoms with van der Waals surface area (Å²) in [6.45, 7) is 0. The molecular weight excluding hydrogens is 342 g/mol. The molecule has 0 saturated heterocycles. The number of aromatic nitrogens is 3. The summed E-state index contributed by atoms with van der Waals surface area (Å²) in [5.41, 5.74) is 3.38. The molecule has 0 fully saturated rings. The zero-order valence-electron chi connectivity index (χ0n) is 15.4. The van der Waals surface area contributed by atoms with Crippen molar-refractivity contribution in [2.45, 2.75) is 6.42 Å². The van der Waals surface area contributed by atoms with E-state index in [-0.39, 0.29) is 0 Å². The second kappa shape index (κ2) is 7.12. The van der Waals surface area contributed by atoms with Crippen molar-refractivity contribution in [3.63, 3.8) is 0 Å². The Labute approximate surface area is 163 Å². The smallest absolute Gasteiger partial charge is 0.168 e. The van der Waals surface area contributed by atoms with Crippen LogP contribution >= 0.6 is 0 Å². The van der Waals surface area contributed by atoms with E-state index in [9.17, 15) is 0 Å². The van der Waals surface area contributed by atoms with Crippen molar-refractivity contribution in [1.29, 1.82) is 0 Å². The molecule has 1 aromatic heterocycles. The van der Waals surface area contributed by atoms with Crippen LogP contribution < -0.4 is 0 Å². The van der Waals surface area contributed by atoms with Crippen LogP contribution in [0.25, 0.3) is 27.8 Å². The Kier molecular flexibility index (Phi) is 4.19.